The van der Waals surface area contributed by atoms with Crippen molar-refractivity contribution in [3.63, 3.8) is 0 Å². The molecule has 4 rings (SSSR count). The van der Waals surface area contributed by atoms with E-state index in [2.05, 4.69) is 6.07 Å². The van der Waals surface area contributed by atoms with Gasteiger partial charge in [0.1, 0.15) is 12.6 Å². The summed E-state index contributed by atoms with van der Waals surface area (Å²) in [5, 5.41) is 10.9. The zero-order chi connectivity index (χ0) is 22.0. The standard InChI is InChI=1S/C24H17Cl2N3O2/c25-18-11-9-17(10-12-18)24(31)28-14-19-20(26)7-4-8-21(19)29(23(30)15-28)22(13-27)16-5-2-1-3-6-16/h1-12,22H,14-15H2. The first-order valence-electron chi connectivity index (χ1n) is 9.58. The monoisotopic (exact) mass is 449 g/mol. The molecule has 3 aromatic rings. The number of halogens is 2. The van der Waals surface area contributed by atoms with Crippen LogP contribution in [0.3, 0.4) is 0 Å². The Morgan fingerprint density at radius 2 is 1.65 bits per heavy atom. The summed E-state index contributed by atoms with van der Waals surface area (Å²) in [5.41, 5.74) is 2.24. The molecule has 7 heteroatoms. The highest BCUT2D eigenvalue weighted by Gasteiger charge is 2.35. The minimum Gasteiger partial charge on any atom is -0.325 e. The van der Waals surface area contributed by atoms with Crippen molar-refractivity contribution < 1.29 is 9.59 Å². The molecule has 5 nitrogen and oxygen atoms in total. The van der Waals surface area contributed by atoms with Gasteiger partial charge in [-0.05, 0) is 42.0 Å². The van der Waals surface area contributed by atoms with Gasteiger partial charge < -0.3 is 4.90 Å². The fraction of sp³-hybridized carbons (Fsp3) is 0.125. The maximum atomic E-state index is 13.4. The number of rotatable bonds is 3. The maximum absolute atomic E-state index is 13.4. The van der Waals surface area contributed by atoms with E-state index >= 15 is 0 Å². The van der Waals surface area contributed by atoms with Gasteiger partial charge in [-0.3, -0.25) is 14.5 Å². The normalized spacial score (nSPS) is 14.4. The quantitative estimate of drug-likeness (QED) is 0.548. The molecule has 0 spiro atoms. The van der Waals surface area contributed by atoms with Crippen molar-refractivity contribution in [3.05, 3.63) is 99.5 Å². The molecule has 1 aliphatic rings. The molecule has 1 unspecified atom stereocenters. The summed E-state index contributed by atoms with van der Waals surface area (Å²) in [5.74, 6) is -0.676. The predicted octanol–water partition coefficient (Wildman–Crippen LogP) is 5.25. The predicted molar refractivity (Wildman–Crippen MR) is 120 cm³/mol. The average molecular weight is 450 g/mol. The molecular formula is C24H17Cl2N3O2. The summed E-state index contributed by atoms with van der Waals surface area (Å²) in [6.07, 6.45) is 0. The van der Waals surface area contributed by atoms with E-state index in [-0.39, 0.29) is 24.9 Å². The highest BCUT2D eigenvalue weighted by atomic mass is 35.5. The molecule has 154 valence electrons. The van der Waals surface area contributed by atoms with E-state index in [1.807, 2.05) is 18.2 Å². The van der Waals surface area contributed by atoms with E-state index < -0.39 is 6.04 Å². The average Bonchev–Trinajstić information content (AvgIpc) is 2.93. The first kappa shape index (κ1) is 20.9. The van der Waals surface area contributed by atoms with E-state index in [1.165, 1.54) is 9.80 Å². The Hall–Kier alpha value is -3.33. The van der Waals surface area contributed by atoms with Crippen molar-refractivity contribution in [2.75, 3.05) is 11.4 Å². The minimum atomic E-state index is -0.850. The third-order valence-corrected chi connectivity index (χ3v) is 5.78. The van der Waals surface area contributed by atoms with E-state index in [9.17, 15) is 14.9 Å². The van der Waals surface area contributed by atoms with Crippen LogP contribution in [-0.4, -0.2) is 23.3 Å². The Balaban J connectivity index is 1.78. The smallest absolute Gasteiger partial charge is 0.254 e. The van der Waals surface area contributed by atoms with E-state index in [0.29, 0.717) is 32.4 Å². The Morgan fingerprint density at radius 3 is 2.32 bits per heavy atom. The van der Waals surface area contributed by atoms with Crippen LogP contribution < -0.4 is 4.90 Å². The minimum absolute atomic E-state index is 0.144. The van der Waals surface area contributed by atoms with Crippen LogP contribution in [0.25, 0.3) is 0 Å². The van der Waals surface area contributed by atoms with Gasteiger partial charge in [-0.15, -0.1) is 0 Å². The number of anilines is 1. The molecule has 0 N–H and O–H groups in total. The molecule has 0 saturated carbocycles. The second kappa shape index (κ2) is 8.81. The van der Waals surface area contributed by atoms with Gasteiger partial charge >= 0.3 is 0 Å². The molecule has 1 aliphatic heterocycles. The fourth-order valence-corrected chi connectivity index (χ4v) is 4.02. The van der Waals surface area contributed by atoms with E-state index in [1.54, 1.807) is 54.6 Å². The van der Waals surface area contributed by atoms with Crippen LogP contribution in [0.2, 0.25) is 10.0 Å². The number of fused-ring (bicyclic) bond motifs is 1. The molecule has 0 fully saturated rings. The van der Waals surface area contributed by atoms with Crippen molar-refractivity contribution in [1.29, 1.82) is 5.26 Å². The molecule has 0 bridgehead atoms. The van der Waals surface area contributed by atoms with Crippen LogP contribution in [-0.2, 0) is 11.3 Å². The van der Waals surface area contributed by atoms with Crippen LogP contribution in [0.1, 0.15) is 27.5 Å². The van der Waals surface area contributed by atoms with E-state index in [0.717, 1.165) is 0 Å². The number of nitrogens with zero attached hydrogens (tertiary/aromatic N) is 3. The lowest BCUT2D eigenvalue weighted by Gasteiger charge is -2.28. The zero-order valence-corrected chi connectivity index (χ0v) is 17.8. The van der Waals surface area contributed by atoms with Gasteiger partial charge in [-0.25, -0.2) is 0 Å². The number of nitriles is 1. The first-order chi connectivity index (χ1) is 15.0. The van der Waals surface area contributed by atoms with Crippen LogP contribution in [0, 0.1) is 11.3 Å². The molecule has 0 aliphatic carbocycles. The highest BCUT2D eigenvalue weighted by Crippen LogP contribution is 2.36. The van der Waals surface area contributed by atoms with Gasteiger partial charge in [0.25, 0.3) is 5.91 Å². The van der Waals surface area contributed by atoms with Crippen LogP contribution >= 0.6 is 23.2 Å². The number of hydrogen-bond acceptors (Lipinski definition) is 3. The summed E-state index contributed by atoms with van der Waals surface area (Å²) in [4.78, 5) is 29.4. The van der Waals surface area contributed by atoms with Gasteiger partial charge in [0.2, 0.25) is 5.91 Å². The lowest BCUT2D eigenvalue weighted by atomic mass is 10.0. The number of carbonyl (C=O) groups is 2. The Bertz CT molecular complexity index is 1170. The third-order valence-electron chi connectivity index (χ3n) is 5.17. The molecule has 2 amide bonds. The second-order valence-electron chi connectivity index (χ2n) is 7.11. The van der Waals surface area contributed by atoms with Crippen molar-refractivity contribution in [2.45, 2.75) is 12.6 Å². The van der Waals surface area contributed by atoms with Gasteiger partial charge in [0.15, 0.2) is 0 Å². The Morgan fingerprint density at radius 1 is 0.935 bits per heavy atom. The lowest BCUT2D eigenvalue weighted by molar-refractivity contribution is -0.119. The molecule has 0 saturated heterocycles. The molecule has 31 heavy (non-hydrogen) atoms. The summed E-state index contributed by atoms with van der Waals surface area (Å²) in [6, 6.07) is 22.1. The maximum Gasteiger partial charge on any atom is 0.254 e. The molecule has 0 radical (unpaired) electrons. The number of hydrogen-bond donors (Lipinski definition) is 0. The summed E-state index contributed by atoms with van der Waals surface area (Å²) >= 11 is 12.4. The summed E-state index contributed by atoms with van der Waals surface area (Å²) in [7, 11) is 0. The second-order valence-corrected chi connectivity index (χ2v) is 7.96. The van der Waals surface area contributed by atoms with Crippen LogP contribution in [0.4, 0.5) is 5.69 Å². The largest absolute Gasteiger partial charge is 0.325 e. The fourth-order valence-electron chi connectivity index (χ4n) is 3.67. The van der Waals surface area contributed by atoms with Gasteiger partial charge in [0.05, 0.1) is 18.3 Å². The van der Waals surface area contributed by atoms with Crippen LogP contribution in [0.5, 0.6) is 0 Å². The lowest BCUT2D eigenvalue weighted by Crippen LogP contribution is -2.41. The van der Waals surface area contributed by atoms with Crippen molar-refractivity contribution in [2.24, 2.45) is 0 Å². The number of amides is 2. The van der Waals surface area contributed by atoms with Crippen molar-refractivity contribution in [3.8, 4) is 6.07 Å². The van der Waals surface area contributed by atoms with Gasteiger partial charge in [-0.1, -0.05) is 59.6 Å². The van der Waals surface area contributed by atoms with Gasteiger partial charge in [0, 0.05) is 21.2 Å². The van der Waals surface area contributed by atoms with Gasteiger partial charge in [-0.2, -0.15) is 5.26 Å². The first-order valence-corrected chi connectivity index (χ1v) is 10.3. The summed E-state index contributed by atoms with van der Waals surface area (Å²) < 4.78 is 0. The van der Waals surface area contributed by atoms with Crippen molar-refractivity contribution in [1.82, 2.24) is 4.90 Å². The topological polar surface area (TPSA) is 64.4 Å². The molecule has 1 atom stereocenters. The molecular weight excluding hydrogens is 433 g/mol. The number of carbonyl (C=O) groups excluding carboxylic acids is 2. The SMILES string of the molecule is N#CC(c1ccccc1)N1C(=O)CN(C(=O)c2ccc(Cl)cc2)Cc2c(Cl)cccc21. The number of benzene rings is 3. The Kier molecular flexibility index (Phi) is 5.94. The third kappa shape index (κ3) is 4.13. The van der Waals surface area contributed by atoms with E-state index in [4.69, 9.17) is 23.2 Å². The zero-order valence-electron chi connectivity index (χ0n) is 16.3. The van der Waals surface area contributed by atoms with Crippen LogP contribution in [0.15, 0.2) is 72.8 Å². The van der Waals surface area contributed by atoms with Crippen molar-refractivity contribution >= 4 is 40.7 Å². The molecule has 0 aromatic heterocycles. The Labute approximate surface area is 190 Å². The molecule has 3 aromatic carbocycles. The summed E-state index contributed by atoms with van der Waals surface area (Å²) in [6.45, 7) is -0.0386. The highest BCUT2D eigenvalue weighted by molar-refractivity contribution is 6.32. The molecule has 1 heterocycles.